The van der Waals surface area contributed by atoms with Crippen LogP contribution in [0.5, 0.6) is 11.5 Å². The first-order chi connectivity index (χ1) is 21.2. The van der Waals surface area contributed by atoms with Crippen LogP contribution in [0.25, 0.3) is 10.8 Å². The Kier molecular flexibility index (Phi) is 8.98. The third-order valence-electron chi connectivity index (χ3n) is 7.61. The maximum Gasteiger partial charge on any atom is 0.342 e. The van der Waals surface area contributed by atoms with Crippen LogP contribution in [-0.4, -0.2) is 67.2 Å². The lowest BCUT2D eigenvalue weighted by atomic mass is 9.97. The van der Waals surface area contributed by atoms with E-state index in [4.69, 9.17) is 9.47 Å². The average Bonchev–Trinajstić information content (AvgIpc) is 3.49. The molecule has 1 atom stereocenters. The van der Waals surface area contributed by atoms with Gasteiger partial charge in [-0.2, -0.15) is 9.41 Å². The number of hydrogen-bond donors (Lipinski definition) is 1. The molecule has 11 heteroatoms. The van der Waals surface area contributed by atoms with Crippen molar-refractivity contribution in [2.75, 3.05) is 26.8 Å². The third-order valence-corrected chi connectivity index (χ3v) is 9.65. The predicted octanol–water partition coefficient (Wildman–Crippen LogP) is 5.12. The quantitative estimate of drug-likeness (QED) is 0.246. The van der Waals surface area contributed by atoms with E-state index in [0.717, 1.165) is 34.0 Å². The Morgan fingerprint density at radius 3 is 2.34 bits per heavy atom. The highest BCUT2D eigenvalue weighted by atomic mass is 32.2. The molecule has 1 unspecified atom stereocenters. The molecule has 0 bridgehead atoms. The molecule has 0 fully saturated rings. The van der Waals surface area contributed by atoms with Gasteiger partial charge in [0.2, 0.25) is 10.0 Å². The van der Waals surface area contributed by atoms with E-state index in [1.165, 1.54) is 15.4 Å². The minimum Gasteiger partial charge on any atom is -0.507 e. The molecule has 5 rings (SSSR count). The summed E-state index contributed by atoms with van der Waals surface area (Å²) in [5, 5.41) is 18.4. The molecule has 0 radical (unpaired) electrons. The molecule has 0 saturated heterocycles. The molecule has 0 aliphatic carbocycles. The molecule has 1 aliphatic heterocycles. The topological polar surface area (TPSA) is 126 Å². The van der Waals surface area contributed by atoms with Crippen LogP contribution < -0.4 is 4.74 Å². The fourth-order valence-electron chi connectivity index (χ4n) is 5.19. The molecular weight excluding hydrogens is 582 g/mol. The SMILES string of the molecule is CCN(CC)S(=O)(=O)c1ccc(O)c(C(=O)OCC(=O)N2N=C(c3ccc4ccccc4c3)CC2c2ccc(OC)cc2)c1. The van der Waals surface area contributed by atoms with E-state index >= 15 is 0 Å². The smallest absolute Gasteiger partial charge is 0.342 e. The Bertz CT molecular complexity index is 1830. The molecule has 1 N–H and O–H groups in total. The van der Waals surface area contributed by atoms with E-state index in [0.29, 0.717) is 17.9 Å². The van der Waals surface area contributed by atoms with Gasteiger partial charge in [0.15, 0.2) is 6.61 Å². The molecule has 1 amide bonds. The summed E-state index contributed by atoms with van der Waals surface area (Å²) in [6, 6.07) is 24.2. The molecule has 0 aromatic heterocycles. The molecule has 0 saturated carbocycles. The van der Waals surface area contributed by atoms with Crippen LogP contribution in [-0.2, 0) is 19.6 Å². The number of phenolic OH excluding ortho intramolecular Hbond substituents is 1. The molecule has 1 aliphatic rings. The maximum absolute atomic E-state index is 13.5. The molecule has 1 heterocycles. The van der Waals surface area contributed by atoms with Crippen molar-refractivity contribution >= 4 is 38.4 Å². The Balaban J connectivity index is 1.39. The second-order valence-electron chi connectivity index (χ2n) is 10.2. The summed E-state index contributed by atoms with van der Waals surface area (Å²) < 4.78 is 37.7. The Labute approximate surface area is 256 Å². The first-order valence-electron chi connectivity index (χ1n) is 14.2. The van der Waals surface area contributed by atoms with Gasteiger partial charge in [0, 0.05) is 19.5 Å². The van der Waals surface area contributed by atoms with Crippen molar-refractivity contribution < 1.29 is 32.6 Å². The number of amides is 1. The number of hydrogen-bond acceptors (Lipinski definition) is 8. The lowest BCUT2D eigenvalue weighted by molar-refractivity contribution is -0.136. The Hall–Kier alpha value is -4.74. The first-order valence-corrected chi connectivity index (χ1v) is 15.6. The van der Waals surface area contributed by atoms with Gasteiger partial charge in [0.05, 0.1) is 23.8 Å². The zero-order valence-electron chi connectivity index (χ0n) is 24.6. The lowest BCUT2D eigenvalue weighted by Gasteiger charge is -2.22. The highest BCUT2D eigenvalue weighted by molar-refractivity contribution is 7.89. The fraction of sp³-hybridized carbons (Fsp3) is 0.242. The van der Waals surface area contributed by atoms with Crippen molar-refractivity contribution in [2.45, 2.75) is 31.2 Å². The number of esters is 1. The number of fused-ring (bicyclic) bond motifs is 1. The van der Waals surface area contributed by atoms with Gasteiger partial charge in [0.25, 0.3) is 5.91 Å². The minimum absolute atomic E-state index is 0.166. The number of carbonyl (C=O) groups is 2. The van der Waals surface area contributed by atoms with E-state index < -0.39 is 40.3 Å². The van der Waals surface area contributed by atoms with Crippen molar-refractivity contribution in [1.29, 1.82) is 0 Å². The molecule has 44 heavy (non-hydrogen) atoms. The van der Waals surface area contributed by atoms with Crippen molar-refractivity contribution in [3.05, 3.63) is 102 Å². The molecule has 10 nitrogen and oxygen atoms in total. The van der Waals surface area contributed by atoms with E-state index in [1.807, 2.05) is 54.6 Å². The second-order valence-corrected chi connectivity index (χ2v) is 12.1. The summed E-state index contributed by atoms with van der Waals surface area (Å²) >= 11 is 0. The summed E-state index contributed by atoms with van der Waals surface area (Å²) in [6.07, 6.45) is 0.427. The molecule has 228 valence electrons. The number of carbonyl (C=O) groups excluding carboxylic acids is 2. The van der Waals surface area contributed by atoms with Crippen LogP contribution in [0.3, 0.4) is 0 Å². The Morgan fingerprint density at radius 2 is 1.66 bits per heavy atom. The summed E-state index contributed by atoms with van der Waals surface area (Å²) in [5.41, 5.74) is 2.02. The number of rotatable bonds is 10. The first kappa shape index (κ1) is 30.7. The van der Waals surface area contributed by atoms with Crippen LogP contribution in [0.2, 0.25) is 0 Å². The van der Waals surface area contributed by atoms with Crippen LogP contribution in [0, 0.1) is 0 Å². The minimum atomic E-state index is -3.90. The van der Waals surface area contributed by atoms with Crippen LogP contribution in [0.1, 0.15) is 47.8 Å². The van der Waals surface area contributed by atoms with Gasteiger partial charge >= 0.3 is 5.97 Å². The summed E-state index contributed by atoms with van der Waals surface area (Å²) in [6.45, 7) is 3.20. The normalized spacial score (nSPS) is 15.0. The Morgan fingerprint density at radius 1 is 0.955 bits per heavy atom. The van der Waals surface area contributed by atoms with Crippen molar-refractivity contribution in [2.24, 2.45) is 5.10 Å². The number of methoxy groups -OCH3 is 1. The zero-order chi connectivity index (χ0) is 31.4. The largest absolute Gasteiger partial charge is 0.507 e. The number of aromatic hydroxyl groups is 1. The lowest BCUT2D eigenvalue weighted by Crippen LogP contribution is -2.31. The zero-order valence-corrected chi connectivity index (χ0v) is 25.5. The highest BCUT2D eigenvalue weighted by Crippen LogP contribution is 2.34. The number of sulfonamides is 1. The third kappa shape index (κ3) is 6.15. The van der Waals surface area contributed by atoms with E-state index in [1.54, 1.807) is 33.1 Å². The summed E-state index contributed by atoms with van der Waals surface area (Å²) in [4.78, 5) is 26.3. The van der Waals surface area contributed by atoms with Gasteiger partial charge in [-0.05, 0) is 58.3 Å². The number of ether oxygens (including phenoxy) is 2. The summed E-state index contributed by atoms with van der Waals surface area (Å²) in [7, 11) is -2.32. The van der Waals surface area contributed by atoms with Crippen molar-refractivity contribution in [1.82, 2.24) is 9.31 Å². The van der Waals surface area contributed by atoms with Crippen molar-refractivity contribution in [3.63, 3.8) is 0 Å². The molecule has 4 aromatic carbocycles. The molecule has 4 aromatic rings. The standard InChI is InChI=1S/C33H33N3O7S/c1-4-35(5-2)44(40,41)27-16-17-31(37)28(19-27)33(39)43-21-32(38)36-30(23-12-14-26(42-3)15-13-23)20-29(34-36)25-11-10-22-8-6-7-9-24(22)18-25/h6-19,30,37H,4-5,20-21H2,1-3H3. The number of nitrogens with zero attached hydrogens (tertiary/aromatic N) is 3. The van der Waals surface area contributed by atoms with Gasteiger partial charge in [0.1, 0.15) is 17.1 Å². The van der Waals surface area contributed by atoms with Crippen LogP contribution in [0.4, 0.5) is 0 Å². The van der Waals surface area contributed by atoms with E-state index in [2.05, 4.69) is 5.10 Å². The number of phenols is 1. The number of benzene rings is 4. The van der Waals surface area contributed by atoms with E-state index in [-0.39, 0.29) is 23.5 Å². The average molecular weight is 616 g/mol. The van der Waals surface area contributed by atoms with Crippen LogP contribution in [0.15, 0.2) is 94.9 Å². The fourth-order valence-corrected chi connectivity index (χ4v) is 6.68. The van der Waals surface area contributed by atoms with E-state index in [9.17, 15) is 23.1 Å². The highest BCUT2D eigenvalue weighted by Gasteiger charge is 2.34. The maximum atomic E-state index is 13.5. The van der Waals surface area contributed by atoms with Crippen LogP contribution >= 0.6 is 0 Å². The second kappa shape index (κ2) is 12.9. The monoisotopic (exact) mass is 615 g/mol. The summed E-state index contributed by atoms with van der Waals surface area (Å²) in [5.74, 6) is -1.41. The number of hydrazone groups is 1. The molecule has 0 spiro atoms. The van der Waals surface area contributed by atoms with Gasteiger partial charge in [-0.15, -0.1) is 0 Å². The van der Waals surface area contributed by atoms with Gasteiger partial charge in [-0.1, -0.05) is 62.4 Å². The molecular formula is C33H33N3O7S. The van der Waals surface area contributed by atoms with Gasteiger partial charge in [-0.3, -0.25) is 4.79 Å². The van der Waals surface area contributed by atoms with Crippen molar-refractivity contribution in [3.8, 4) is 11.5 Å². The van der Waals surface area contributed by atoms with Gasteiger partial charge < -0.3 is 14.6 Å². The van der Waals surface area contributed by atoms with Gasteiger partial charge in [-0.25, -0.2) is 18.2 Å². The predicted molar refractivity (Wildman–Crippen MR) is 166 cm³/mol.